The Hall–Kier alpha value is -1.92. The lowest BCUT2D eigenvalue weighted by Gasteiger charge is -2.04. The standard InChI is InChI=1S/C9H7N3O2S/c1-2-15(13,14)9-7(5-10)3-4-12-8(9)6-11/h3-4H,2H2,1H3. The molecule has 0 atom stereocenters. The number of aromatic nitrogens is 1. The minimum absolute atomic E-state index is 0.0385. The molecule has 0 N–H and O–H groups in total. The number of nitrogens with zero attached hydrogens (tertiary/aromatic N) is 3. The van der Waals surface area contributed by atoms with Crippen molar-refractivity contribution in [1.82, 2.24) is 4.98 Å². The second-order valence-corrected chi connectivity index (χ2v) is 4.88. The highest BCUT2D eigenvalue weighted by molar-refractivity contribution is 7.91. The molecule has 0 bridgehead atoms. The number of hydrogen-bond donors (Lipinski definition) is 0. The summed E-state index contributed by atoms with van der Waals surface area (Å²) in [5.74, 6) is -0.165. The molecule has 0 saturated heterocycles. The van der Waals surface area contributed by atoms with E-state index in [9.17, 15) is 8.42 Å². The Bertz CT molecular complexity index is 532. The van der Waals surface area contributed by atoms with Gasteiger partial charge in [-0.25, -0.2) is 13.4 Å². The third-order valence-corrected chi connectivity index (χ3v) is 3.62. The Morgan fingerprint density at radius 1 is 1.40 bits per heavy atom. The molecule has 0 aliphatic rings. The molecule has 0 fully saturated rings. The molecule has 0 aromatic carbocycles. The molecule has 0 spiro atoms. The van der Waals surface area contributed by atoms with E-state index in [-0.39, 0.29) is 21.9 Å². The van der Waals surface area contributed by atoms with E-state index in [0.717, 1.165) is 0 Å². The van der Waals surface area contributed by atoms with Crippen LogP contribution in [0.4, 0.5) is 0 Å². The first-order valence-electron chi connectivity index (χ1n) is 4.08. The third kappa shape index (κ3) is 1.95. The van der Waals surface area contributed by atoms with Crippen molar-refractivity contribution < 1.29 is 8.42 Å². The molecule has 0 aliphatic carbocycles. The van der Waals surface area contributed by atoms with Gasteiger partial charge in [-0.2, -0.15) is 10.5 Å². The van der Waals surface area contributed by atoms with Gasteiger partial charge in [0.1, 0.15) is 17.0 Å². The summed E-state index contributed by atoms with van der Waals surface area (Å²) >= 11 is 0. The van der Waals surface area contributed by atoms with E-state index in [0.29, 0.717) is 0 Å². The molecule has 0 unspecified atom stereocenters. The lowest BCUT2D eigenvalue weighted by molar-refractivity contribution is 0.596. The molecule has 0 radical (unpaired) electrons. The number of hydrogen-bond acceptors (Lipinski definition) is 5. The summed E-state index contributed by atoms with van der Waals surface area (Å²) in [5.41, 5.74) is -0.265. The summed E-state index contributed by atoms with van der Waals surface area (Å²) in [6, 6.07) is 4.69. The molecule has 15 heavy (non-hydrogen) atoms. The molecule has 1 aromatic heterocycles. The summed E-state index contributed by atoms with van der Waals surface area (Å²) in [4.78, 5) is 3.36. The van der Waals surface area contributed by atoms with Crippen molar-refractivity contribution in [3.05, 3.63) is 23.5 Å². The SMILES string of the molecule is CCS(=O)(=O)c1c(C#N)ccnc1C#N. The third-order valence-electron chi connectivity index (χ3n) is 1.82. The Balaban J connectivity index is 3.68. The molecule has 76 valence electrons. The topological polar surface area (TPSA) is 94.6 Å². The molecule has 1 rings (SSSR count). The fourth-order valence-electron chi connectivity index (χ4n) is 1.08. The van der Waals surface area contributed by atoms with Gasteiger partial charge >= 0.3 is 0 Å². The first-order chi connectivity index (χ1) is 7.06. The van der Waals surface area contributed by atoms with Gasteiger partial charge in [0.15, 0.2) is 15.5 Å². The van der Waals surface area contributed by atoms with Gasteiger partial charge < -0.3 is 0 Å². The van der Waals surface area contributed by atoms with Crippen LogP contribution in [0.15, 0.2) is 17.2 Å². The van der Waals surface area contributed by atoms with Crippen molar-refractivity contribution >= 4 is 9.84 Å². The van der Waals surface area contributed by atoms with Gasteiger partial charge in [-0.1, -0.05) is 6.92 Å². The van der Waals surface area contributed by atoms with Crippen LogP contribution in [-0.2, 0) is 9.84 Å². The largest absolute Gasteiger partial charge is 0.244 e. The van der Waals surface area contributed by atoms with E-state index in [1.54, 1.807) is 12.1 Å². The highest BCUT2D eigenvalue weighted by Crippen LogP contribution is 2.18. The fraction of sp³-hybridized carbons (Fsp3) is 0.222. The van der Waals surface area contributed by atoms with Crippen LogP contribution in [0.2, 0.25) is 0 Å². The first kappa shape index (κ1) is 11.2. The zero-order valence-corrected chi connectivity index (χ0v) is 8.74. The van der Waals surface area contributed by atoms with Crippen LogP contribution < -0.4 is 0 Å². The van der Waals surface area contributed by atoms with Gasteiger partial charge in [0.05, 0.1) is 11.3 Å². The summed E-state index contributed by atoms with van der Waals surface area (Å²) in [6.07, 6.45) is 1.24. The maximum atomic E-state index is 11.6. The quantitative estimate of drug-likeness (QED) is 0.729. The summed E-state index contributed by atoms with van der Waals surface area (Å²) < 4.78 is 23.2. The van der Waals surface area contributed by atoms with Crippen LogP contribution in [0.1, 0.15) is 18.2 Å². The van der Waals surface area contributed by atoms with E-state index in [1.807, 2.05) is 0 Å². The van der Waals surface area contributed by atoms with Crippen LogP contribution in [0.25, 0.3) is 0 Å². The predicted molar refractivity (Wildman–Crippen MR) is 51.4 cm³/mol. The van der Waals surface area contributed by atoms with Gasteiger partial charge in [-0.3, -0.25) is 0 Å². The number of pyridine rings is 1. The fourth-order valence-corrected chi connectivity index (χ4v) is 2.21. The van der Waals surface area contributed by atoms with Crippen LogP contribution in [0, 0.1) is 22.7 Å². The normalized spacial score (nSPS) is 10.3. The monoisotopic (exact) mass is 221 g/mol. The van der Waals surface area contributed by atoms with E-state index in [4.69, 9.17) is 10.5 Å². The second kappa shape index (κ2) is 4.07. The van der Waals surface area contributed by atoms with Crippen LogP contribution in [0.3, 0.4) is 0 Å². The highest BCUT2D eigenvalue weighted by atomic mass is 32.2. The second-order valence-electron chi connectivity index (χ2n) is 2.66. The lowest BCUT2D eigenvalue weighted by Crippen LogP contribution is -2.09. The van der Waals surface area contributed by atoms with E-state index < -0.39 is 9.84 Å². The van der Waals surface area contributed by atoms with Gasteiger partial charge in [0.2, 0.25) is 0 Å². The minimum Gasteiger partial charge on any atom is -0.244 e. The van der Waals surface area contributed by atoms with Gasteiger partial charge in [0.25, 0.3) is 0 Å². The molecule has 0 saturated carbocycles. The van der Waals surface area contributed by atoms with Gasteiger partial charge in [-0.05, 0) is 6.07 Å². The Kier molecular flexibility index (Phi) is 3.03. The van der Waals surface area contributed by atoms with Crippen LogP contribution in [0.5, 0.6) is 0 Å². The average molecular weight is 221 g/mol. The van der Waals surface area contributed by atoms with Gasteiger partial charge in [0, 0.05) is 6.20 Å². The minimum atomic E-state index is -3.59. The smallest absolute Gasteiger partial charge is 0.182 e. The number of rotatable bonds is 2. The molecule has 0 aliphatic heterocycles. The Morgan fingerprint density at radius 2 is 2.07 bits per heavy atom. The van der Waals surface area contributed by atoms with Crippen LogP contribution in [-0.4, -0.2) is 19.2 Å². The molecule has 1 aromatic rings. The van der Waals surface area contributed by atoms with Crippen molar-refractivity contribution in [2.75, 3.05) is 5.75 Å². The first-order valence-corrected chi connectivity index (χ1v) is 5.74. The molecule has 0 amide bonds. The number of sulfone groups is 1. The van der Waals surface area contributed by atoms with Crippen molar-refractivity contribution in [1.29, 1.82) is 10.5 Å². The molecule has 6 heteroatoms. The maximum absolute atomic E-state index is 11.6. The summed E-state index contributed by atoms with van der Waals surface area (Å²) in [5, 5.41) is 17.5. The van der Waals surface area contributed by atoms with E-state index in [1.165, 1.54) is 19.2 Å². The maximum Gasteiger partial charge on any atom is 0.182 e. The average Bonchev–Trinajstić information content (AvgIpc) is 2.27. The van der Waals surface area contributed by atoms with Crippen molar-refractivity contribution in [2.24, 2.45) is 0 Å². The molecule has 1 heterocycles. The summed E-state index contributed by atoms with van der Waals surface area (Å²) in [7, 11) is -3.59. The summed E-state index contributed by atoms with van der Waals surface area (Å²) in [6.45, 7) is 1.45. The van der Waals surface area contributed by atoms with E-state index >= 15 is 0 Å². The Labute approximate surface area is 87.5 Å². The van der Waals surface area contributed by atoms with Crippen molar-refractivity contribution in [3.63, 3.8) is 0 Å². The Morgan fingerprint density at radius 3 is 2.53 bits per heavy atom. The lowest BCUT2D eigenvalue weighted by atomic mass is 10.2. The molecule has 5 nitrogen and oxygen atoms in total. The van der Waals surface area contributed by atoms with Gasteiger partial charge in [-0.15, -0.1) is 0 Å². The molecular weight excluding hydrogens is 214 g/mol. The number of nitriles is 2. The zero-order valence-electron chi connectivity index (χ0n) is 7.93. The van der Waals surface area contributed by atoms with Crippen molar-refractivity contribution in [2.45, 2.75) is 11.8 Å². The zero-order chi connectivity index (χ0) is 11.5. The molecular formula is C9H7N3O2S. The van der Waals surface area contributed by atoms with Crippen molar-refractivity contribution in [3.8, 4) is 12.1 Å². The highest BCUT2D eigenvalue weighted by Gasteiger charge is 2.22. The predicted octanol–water partition coefficient (Wildman–Crippen LogP) is 0.619. The van der Waals surface area contributed by atoms with Crippen LogP contribution >= 0.6 is 0 Å². The van der Waals surface area contributed by atoms with E-state index in [2.05, 4.69) is 4.98 Å².